The van der Waals surface area contributed by atoms with Gasteiger partial charge < -0.3 is 4.90 Å². The molecule has 0 saturated carbocycles. The number of carbonyl (C=O) groups excluding carboxylic acids is 1. The minimum absolute atomic E-state index is 0.211. The van der Waals surface area contributed by atoms with Gasteiger partial charge in [-0.2, -0.15) is 0 Å². The van der Waals surface area contributed by atoms with Gasteiger partial charge in [-0.3, -0.25) is 4.79 Å². The highest BCUT2D eigenvalue weighted by atomic mass is 79.9. The third-order valence-electron chi connectivity index (χ3n) is 2.10. The van der Waals surface area contributed by atoms with Gasteiger partial charge in [0, 0.05) is 29.8 Å². The van der Waals surface area contributed by atoms with Crippen molar-refractivity contribution in [1.82, 2.24) is 4.90 Å². The Balaban J connectivity index is 2.39. The summed E-state index contributed by atoms with van der Waals surface area (Å²) in [7, 11) is 0. The van der Waals surface area contributed by atoms with Crippen LogP contribution in [0.5, 0.6) is 0 Å². The van der Waals surface area contributed by atoms with Gasteiger partial charge in [-0.15, -0.1) is 0 Å². The van der Waals surface area contributed by atoms with Crippen molar-refractivity contribution in [2.24, 2.45) is 11.3 Å². The highest BCUT2D eigenvalue weighted by Crippen LogP contribution is 2.25. The molecule has 0 radical (unpaired) electrons. The molecular formula is C9H16BrNO. The molecule has 3 heteroatoms. The summed E-state index contributed by atoms with van der Waals surface area (Å²) in [5.41, 5.74) is -0.211. The summed E-state index contributed by atoms with van der Waals surface area (Å²) in [6.45, 7) is 7.77. The number of nitrogens with zero attached hydrogens (tertiary/aromatic N) is 1. The molecule has 0 aromatic heterocycles. The number of carbonyl (C=O) groups is 1. The van der Waals surface area contributed by atoms with Crippen molar-refractivity contribution in [2.45, 2.75) is 20.8 Å². The standard InChI is InChI=1S/C9H16BrNO/c1-9(2,3)8(12)11-5-7(4-10)6-11/h7H,4-6H2,1-3H3. The van der Waals surface area contributed by atoms with Crippen LogP contribution in [0.1, 0.15) is 20.8 Å². The number of likely N-dealkylation sites (tertiary alicyclic amines) is 1. The molecule has 1 amide bonds. The molecule has 12 heavy (non-hydrogen) atoms. The Hall–Kier alpha value is -0.0500. The first-order valence-corrected chi connectivity index (χ1v) is 5.42. The van der Waals surface area contributed by atoms with Crippen molar-refractivity contribution in [2.75, 3.05) is 18.4 Å². The van der Waals surface area contributed by atoms with Crippen LogP contribution in [0, 0.1) is 11.3 Å². The van der Waals surface area contributed by atoms with E-state index >= 15 is 0 Å². The smallest absolute Gasteiger partial charge is 0.227 e. The highest BCUT2D eigenvalue weighted by Gasteiger charge is 2.35. The number of alkyl halides is 1. The summed E-state index contributed by atoms with van der Waals surface area (Å²) in [6.07, 6.45) is 0. The lowest BCUT2D eigenvalue weighted by Crippen LogP contribution is -2.54. The average Bonchev–Trinajstić information content (AvgIpc) is 1.83. The quantitative estimate of drug-likeness (QED) is 0.634. The van der Waals surface area contributed by atoms with Crippen LogP contribution in [0.15, 0.2) is 0 Å². The summed E-state index contributed by atoms with van der Waals surface area (Å²) >= 11 is 3.42. The van der Waals surface area contributed by atoms with Gasteiger partial charge in [0.15, 0.2) is 0 Å². The van der Waals surface area contributed by atoms with Gasteiger partial charge >= 0.3 is 0 Å². The molecule has 0 aromatic carbocycles. The maximum Gasteiger partial charge on any atom is 0.227 e. The van der Waals surface area contributed by atoms with Gasteiger partial charge in [0.2, 0.25) is 5.91 Å². The third kappa shape index (κ3) is 2.00. The molecule has 2 nitrogen and oxygen atoms in total. The van der Waals surface area contributed by atoms with Gasteiger partial charge in [-0.1, -0.05) is 36.7 Å². The lowest BCUT2D eigenvalue weighted by Gasteiger charge is -2.41. The fourth-order valence-corrected chi connectivity index (χ4v) is 1.72. The molecule has 1 fully saturated rings. The van der Waals surface area contributed by atoms with Crippen LogP contribution in [0.2, 0.25) is 0 Å². The number of rotatable bonds is 1. The maximum atomic E-state index is 11.6. The Labute approximate surface area is 82.4 Å². The molecule has 0 atom stereocenters. The molecule has 1 rings (SSSR count). The van der Waals surface area contributed by atoms with E-state index < -0.39 is 0 Å². The zero-order valence-corrected chi connectivity index (χ0v) is 9.52. The van der Waals surface area contributed by atoms with Gasteiger partial charge in [0.25, 0.3) is 0 Å². The number of hydrogen-bond acceptors (Lipinski definition) is 1. The summed E-state index contributed by atoms with van der Waals surface area (Å²) in [5.74, 6) is 0.955. The second-order valence-electron chi connectivity index (χ2n) is 4.48. The van der Waals surface area contributed by atoms with E-state index in [0.29, 0.717) is 5.92 Å². The second kappa shape index (κ2) is 3.36. The summed E-state index contributed by atoms with van der Waals surface area (Å²) in [6, 6.07) is 0. The highest BCUT2D eigenvalue weighted by molar-refractivity contribution is 9.09. The monoisotopic (exact) mass is 233 g/mol. The topological polar surface area (TPSA) is 20.3 Å². The first kappa shape index (κ1) is 10.0. The van der Waals surface area contributed by atoms with Crippen molar-refractivity contribution in [3.05, 3.63) is 0 Å². The zero-order valence-electron chi connectivity index (χ0n) is 7.93. The lowest BCUT2D eigenvalue weighted by molar-refractivity contribution is -0.145. The zero-order chi connectivity index (χ0) is 9.35. The van der Waals surface area contributed by atoms with Crippen LogP contribution < -0.4 is 0 Å². The fraction of sp³-hybridized carbons (Fsp3) is 0.889. The van der Waals surface area contributed by atoms with Crippen LogP contribution in [-0.2, 0) is 4.79 Å². The van der Waals surface area contributed by atoms with Gasteiger partial charge in [-0.25, -0.2) is 0 Å². The van der Waals surface area contributed by atoms with Crippen LogP contribution in [0.3, 0.4) is 0 Å². The van der Waals surface area contributed by atoms with Crippen LogP contribution in [0.4, 0.5) is 0 Å². The number of hydrogen-bond donors (Lipinski definition) is 0. The van der Waals surface area contributed by atoms with Gasteiger partial charge in [-0.05, 0) is 0 Å². The van der Waals surface area contributed by atoms with E-state index in [2.05, 4.69) is 15.9 Å². The first-order chi connectivity index (χ1) is 5.45. The number of halogens is 1. The van der Waals surface area contributed by atoms with E-state index in [4.69, 9.17) is 0 Å². The Morgan fingerprint density at radius 3 is 2.33 bits per heavy atom. The Morgan fingerprint density at radius 1 is 1.50 bits per heavy atom. The summed E-state index contributed by atoms with van der Waals surface area (Å²) in [4.78, 5) is 13.6. The van der Waals surface area contributed by atoms with E-state index in [9.17, 15) is 4.79 Å². The molecule has 70 valence electrons. The van der Waals surface area contributed by atoms with Gasteiger partial charge in [0.05, 0.1) is 0 Å². The molecule has 0 spiro atoms. The fourth-order valence-electron chi connectivity index (χ4n) is 1.31. The average molecular weight is 234 g/mol. The predicted molar refractivity (Wildman–Crippen MR) is 53.3 cm³/mol. The van der Waals surface area contributed by atoms with Crippen LogP contribution in [0.25, 0.3) is 0 Å². The number of amides is 1. The summed E-state index contributed by atoms with van der Waals surface area (Å²) < 4.78 is 0. The Kier molecular flexibility index (Phi) is 2.81. The Morgan fingerprint density at radius 2 is 2.00 bits per heavy atom. The lowest BCUT2D eigenvalue weighted by atomic mass is 9.91. The van der Waals surface area contributed by atoms with Crippen molar-refractivity contribution in [3.63, 3.8) is 0 Å². The minimum Gasteiger partial charge on any atom is -0.341 e. The van der Waals surface area contributed by atoms with E-state index in [1.807, 2.05) is 25.7 Å². The normalized spacial score (nSPS) is 19.2. The molecule has 1 saturated heterocycles. The van der Waals surface area contributed by atoms with Crippen molar-refractivity contribution in [1.29, 1.82) is 0 Å². The van der Waals surface area contributed by atoms with Crippen LogP contribution >= 0.6 is 15.9 Å². The molecule has 0 unspecified atom stereocenters. The van der Waals surface area contributed by atoms with E-state index in [1.165, 1.54) is 0 Å². The molecule has 0 aromatic rings. The Bertz CT molecular complexity index is 179. The summed E-state index contributed by atoms with van der Waals surface area (Å²) in [5, 5.41) is 1.01. The third-order valence-corrected chi connectivity index (χ3v) is 3.02. The minimum atomic E-state index is -0.211. The van der Waals surface area contributed by atoms with Gasteiger partial charge in [0.1, 0.15) is 0 Å². The van der Waals surface area contributed by atoms with Crippen molar-refractivity contribution >= 4 is 21.8 Å². The van der Waals surface area contributed by atoms with Crippen molar-refractivity contribution < 1.29 is 4.79 Å². The van der Waals surface area contributed by atoms with E-state index in [0.717, 1.165) is 18.4 Å². The largest absolute Gasteiger partial charge is 0.341 e. The molecule has 0 aliphatic carbocycles. The molecule has 0 bridgehead atoms. The van der Waals surface area contributed by atoms with E-state index in [1.54, 1.807) is 0 Å². The molecular weight excluding hydrogens is 218 g/mol. The second-order valence-corrected chi connectivity index (χ2v) is 5.13. The van der Waals surface area contributed by atoms with Crippen molar-refractivity contribution in [3.8, 4) is 0 Å². The van der Waals surface area contributed by atoms with E-state index in [-0.39, 0.29) is 11.3 Å². The van der Waals surface area contributed by atoms with Crippen LogP contribution in [-0.4, -0.2) is 29.2 Å². The maximum absolute atomic E-state index is 11.6. The first-order valence-electron chi connectivity index (χ1n) is 4.30. The molecule has 1 heterocycles. The molecule has 1 aliphatic rings. The SMILES string of the molecule is CC(C)(C)C(=O)N1CC(CBr)C1. The molecule has 1 aliphatic heterocycles. The molecule has 0 N–H and O–H groups in total. The predicted octanol–water partition coefficient (Wildman–Crippen LogP) is 1.89.